The van der Waals surface area contributed by atoms with Crippen molar-refractivity contribution >= 4 is 69.0 Å². The van der Waals surface area contributed by atoms with Crippen molar-refractivity contribution in [2.24, 2.45) is 42.9 Å². The lowest BCUT2D eigenvalue weighted by Crippen LogP contribution is -2.51. The molecule has 22 heteroatoms. The minimum atomic E-state index is -1.35. The van der Waals surface area contributed by atoms with Gasteiger partial charge in [-0.2, -0.15) is 9.98 Å². The summed E-state index contributed by atoms with van der Waals surface area (Å²) in [5, 5.41) is 18.9. The van der Waals surface area contributed by atoms with Crippen molar-refractivity contribution in [1.29, 1.82) is 0 Å². The van der Waals surface area contributed by atoms with E-state index in [9.17, 15) is 29.4 Å². The number of aliphatic imine (C=N–C) groups is 4. The van der Waals surface area contributed by atoms with E-state index in [4.69, 9.17) is 22.9 Å². The van der Waals surface area contributed by atoms with Crippen LogP contribution in [0.5, 0.6) is 0 Å². The number of rotatable bonds is 19. The van der Waals surface area contributed by atoms with Gasteiger partial charge in [0.2, 0.25) is 22.8 Å². The van der Waals surface area contributed by atoms with Crippen molar-refractivity contribution in [3.05, 3.63) is 79.9 Å². The van der Waals surface area contributed by atoms with Crippen LogP contribution in [0.25, 0.3) is 21.8 Å². The normalized spacial score (nSPS) is 15.4. The number of aryl methyl sites for hydroxylation is 2. The first-order valence-corrected chi connectivity index (χ1v) is 24.1. The van der Waals surface area contributed by atoms with Crippen molar-refractivity contribution in [3.8, 4) is 0 Å². The van der Waals surface area contributed by atoms with Crippen LogP contribution in [-0.2, 0) is 13.1 Å². The molecule has 6 rings (SSSR count). The number of carboxylic acid groups (broad SMARTS) is 2. The lowest BCUT2D eigenvalue weighted by molar-refractivity contribution is 0.0684. The molecule has 0 unspecified atom stereocenters. The molecule has 0 bridgehead atoms. The fraction of sp³-hybridized carbons (Fsp3) is 0.500. The van der Waals surface area contributed by atoms with Crippen molar-refractivity contribution < 1.29 is 28.6 Å². The number of pyridine rings is 2. The van der Waals surface area contributed by atoms with E-state index in [0.29, 0.717) is 101 Å². The molecule has 2 saturated heterocycles. The largest absolute Gasteiger partial charge is 0.477 e. The monoisotopic (exact) mass is 973 g/mol. The fourth-order valence-electron chi connectivity index (χ4n) is 8.94. The minimum absolute atomic E-state index is 0.0263. The Kier molecular flexibility index (Phi) is 18.1. The molecule has 0 amide bonds. The van der Waals surface area contributed by atoms with E-state index in [1.807, 2.05) is 33.4 Å². The van der Waals surface area contributed by atoms with E-state index in [0.717, 1.165) is 63.5 Å². The summed E-state index contributed by atoms with van der Waals surface area (Å²) < 4.78 is 33.9. The molecule has 70 heavy (non-hydrogen) atoms. The summed E-state index contributed by atoms with van der Waals surface area (Å²) in [6, 6.07) is 5.44. The number of carbonyl (C=O) groups is 2. The second-order valence-electron chi connectivity index (χ2n) is 17.5. The van der Waals surface area contributed by atoms with Gasteiger partial charge in [-0.15, -0.1) is 0 Å². The number of fused-ring (bicyclic) bond motifs is 2. The van der Waals surface area contributed by atoms with Gasteiger partial charge in [-0.05, 0) is 51.0 Å². The molecule has 0 aliphatic carbocycles. The van der Waals surface area contributed by atoms with Gasteiger partial charge in [-0.25, -0.2) is 18.4 Å². The second kappa shape index (κ2) is 24.3. The van der Waals surface area contributed by atoms with Crippen molar-refractivity contribution in [1.82, 2.24) is 18.9 Å². The predicted molar refractivity (Wildman–Crippen MR) is 272 cm³/mol. The highest BCUT2D eigenvalue weighted by atomic mass is 19.1. The topological polar surface area (TPSA) is 285 Å². The lowest BCUT2D eigenvalue weighted by Gasteiger charge is -2.36. The molecule has 2 fully saturated rings. The zero-order valence-electron chi connectivity index (χ0n) is 40.1. The predicted octanol–water partition coefficient (Wildman–Crippen LogP) is 4.13. The highest BCUT2D eigenvalue weighted by Gasteiger charge is 2.25. The number of guanidine groups is 4. The van der Waals surface area contributed by atoms with Gasteiger partial charge in [-0.3, -0.25) is 19.6 Å². The Morgan fingerprint density at radius 1 is 0.543 bits per heavy atom. The Hall–Kier alpha value is -7.26. The van der Waals surface area contributed by atoms with Crippen LogP contribution in [0.3, 0.4) is 0 Å². The first kappa shape index (κ1) is 52.1. The SMILES string of the molecule is CCn1cc(C(=O)O)c(=O)c2cc(F)c(N3CCN(/C(N)=N/C(N)=NCCCCCCCCCCCCN=C(N)/N=C(\N)N4CCN(c5cc6c(cc5F)c(=O)c(C(=O)O)cn6CC)CC4)CC3)cc21. The number of unbranched alkanes of at least 4 members (excludes halogenated alkanes) is 9. The van der Waals surface area contributed by atoms with Crippen LogP contribution >= 0.6 is 0 Å². The number of carboxylic acids is 2. The molecule has 2 aliphatic rings. The molecule has 4 aromatic rings. The van der Waals surface area contributed by atoms with E-state index in [-0.39, 0.29) is 34.6 Å². The van der Waals surface area contributed by atoms with E-state index in [1.165, 1.54) is 25.2 Å². The summed E-state index contributed by atoms with van der Waals surface area (Å²) in [7, 11) is 0. The minimum Gasteiger partial charge on any atom is -0.477 e. The van der Waals surface area contributed by atoms with E-state index in [1.54, 1.807) is 21.3 Å². The average molecular weight is 973 g/mol. The van der Waals surface area contributed by atoms with Crippen LogP contribution in [0.15, 0.2) is 66.2 Å². The third-order valence-corrected chi connectivity index (χ3v) is 12.9. The van der Waals surface area contributed by atoms with Gasteiger partial charge >= 0.3 is 11.9 Å². The summed E-state index contributed by atoms with van der Waals surface area (Å²) in [6.45, 7) is 9.21. The maximum absolute atomic E-state index is 15.3. The number of halogens is 2. The second-order valence-corrected chi connectivity index (χ2v) is 17.5. The van der Waals surface area contributed by atoms with Gasteiger partial charge in [0.1, 0.15) is 22.8 Å². The zero-order chi connectivity index (χ0) is 50.5. The first-order valence-electron chi connectivity index (χ1n) is 24.1. The summed E-state index contributed by atoms with van der Waals surface area (Å²) in [5.41, 5.74) is 24.0. The Labute approximate surface area is 404 Å². The van der Waals surface area contributed by atoms with Gasteiger partial charge in [0.05, 0.1) is 22.4 Å². The van der Waals surface area contributed by atoms with Gasteiger partial charge in [-0.1, -0.05) is 51.4 Å². The van der Waals surface area contributed by atoms with Crippen LogP contribution in [-0.4, -0.2) is 130 Å². The van der Waals surface area contributed by atoms with E-state index in [2.05, 4.69) is 20.0 Å². The number of hydrogen-bond acceptors (Lipinski definition) is 8. The third-order valence-electron chi connectivity index (χ3n) is 12.9. The number of nitrogens with zero attached hydrogens (tertiary/aromatic N) is 10. The molecule has 10 N–H and O–H groups in total. The molecular weight excluding hydrogens is 907 g/mol. The molecule has 20 nitrogen and oxygen atoms in total. The van der Waals surface area contributed by atoms with Crippen molar-refractivity contribution in [2.45, 2.75) is 91.1 Å². The molecule has 2 aromatic heterocycles. The Morgan fingerprint density at radius 3 is 1.19 bits per heavy atom. The molecule has 0 atom stereocenters. The molecule has 378 valence electrons. The lowest BCUT2D eigenvalue weighted by atomic mass is 10.1. The summed E-state index contributed by atoms with van der Waals surface area (Å²) >= 11 is 0. The van der Waals surface area contributed by atoms with Gasteiger partial charge in [0, 0.05) is 102 Å². The fourth-order valence-corrected chi connectivity index (χ4v) is 8.94. The quantitative estimate of drug-likeness (QED) is 0.0438. The number of aromatic nitrogens is 2. The van der Waals surface area contributed by atoms with Crippen LogP contribution in [0, 0.1) is 11.6 Å². The van der Waals surface area contributed by atoms with Gasteiger partial charge in [0.25, 0.3) is 0 Å². The average Bonchev–Trinajstić information content (AvgIpc) is 3.34. The standard InChI is InChI=1S/C48H66F2N14O6/c1-3-59-29-33(43(67)68)41(65)31-25-35(49)39(27-37(31)59)61-17-21-63(22-18-61)47(53)57-45(51)55-15-13-11-9-7-5-6-8-10-12-14-16-56-46(52)58-48(54)64-23-19-62(20-24-64)40-28-38-32(26-36(40)50)42(66)34(44(69)70)30-60(38)4-2/h25-30H,3-24H2,1-2H3,(H,67,68)(H,69,70)(H4,51,53,55,57)(H4,52,54,56,58). The van der Waals surface area contributed by atoms with Crippen LogP contribution < -0.4 is 43.6 Å². The number of anilines is 2. The van der Waals surface area contributed by atoms with Crippen molar-refractivity contribution in [2.75, 3.05) is 75.2 Å². The maximum atomic E-state index is 15.3. The Bertz CT molecular complexity index is 2590. The Balaban J connectivity index is 0.807. The summed E-state index contributed by atoms with van der Waals surface area (Å²) in [5.74, 6) is -3.19. The number of benzene rings is 2. The highest BCUT2D eigenvalue weighted by Crippen LogP contribution is 2.28. The number of aromatic carboxylic acids is 2. The Morgan fingerprint density at radius 2 is 0.871 bits per heavy atom. The number of hydrogen-bond donors (Lipinski definition) is 6. The third kappa shape index (κ3) is 12.9. The van der Waals surface area contributed by atoms with Gasteiger partial charge in [0.15, 0.2) is 11.9 Å². The zero-order valence-corrected chi connectivity index (χ0v) is 40.1. The first-order chi connectivity index (χ1) is 33.6. The molecular formula is C48H66F2N14O6. The molecule has 2 aliphatic heterocycles. The van der Waals surface area contributed by atoms with Crippen LogP contribution in [0.2, 0.25) is 0 Å². The molecule has 0 saturated carbocycles. The van der Waals surface area contributed by atoms with E-state index >= 15 is 8.78 Å². The molecule has 4 heterocycles. The van der Waals surface area contributed by atoms with Gasteiger partial charge < -0.3 is 61.9 Å². The highest BCUT2D eigenvalue weighted by molar-refractivity contribution is 5.96. The van der Waals surface area contributed by atoms with E-state index < -0.39 is 45.6 Å². The summed E-state index contributed by atoms with van der Waals surface area (Å²) in [6.07, 6.45) is 13.3. The summed E-state index contributed by atoms with van der Waals surface area (Å²) in [4.78, 5) is 73.4. The molecule has 0 spiro atoms. The molecule has 0 radical (unpaired) electrons. The number of piperazine rings is 2. The number of nitrogens with two attached hydrogens (primary N) is 4. The van der Waals surface area contributed by atoms with Crippen LogP contribution in [0.1, 0.15) is 98.8 Å². The van der Waals surface area contributed by atoms with Crippen molar-refractivity contribution in [3.63, 3.8) is 0 Å². The molecule has 2 aromatic carbocycles. The van der Waals surface area contributed by atoms with Crippen LogP contribution in [0.4, 0.5) is 20.2 Å². The smallest absolute Gasteiger partial charge is 0.341 e. The maximum Gasteiger partial charge on any atom is 0.341 e.